The molecule has 4 aromatic rings. The number of halogens is 2. The maximum absolute atomic E-state index is 14.0. The van der Waals surface area contributed by atoms with Crippen molar-refractivity contribution in [2.45, 2.75) is 32.0 Å². The predicted molar refractivity (Wildman–Crippen MR) is 149 cm³/mol. The molecule has 0 N–H and O–H groups in total. The summed E-state index contributed by atoms with van der Waals surface area (Å²) in [6.45, 7) is 4.01. The third kappa shape index (κ3) is 4.84. The molecule has 0 radical (unpaired) electrons. The van der Waals surface area contributed by atoms with Crippen molar-refractivity contribution in [1.29, 1.82) is 0 Å². The Balaban J connectivity index is 1.59. The average molecular weight is 569 g/mol. The van der Waals surface area contributed by atoms with Gasteiger partial charge in [-0.05, 0) is 74.4 Å². The van der Waals surface area contributed by atoms with Crippen LogP contribution in [0.15, 0.2) is 86.9 Å². The van der Waals surface area contributed by atoms with Gasteiger partial charge in [-0.15, -0.1) is 4.74 Å². The van der Waals surface area contributed by atoms with E-state index in [2.05, 4.69) is 0 Å². The number of aromatic nitrogens is 2. The molecule has 2 heterocycles. The van der Waals surface area contributed by atoms with Gasteiger partial charge in [-0.1, -0.05) is 47.5 Å². The number of benzene rings is 3. The molecule has 1 aromatic heterocycles. The quantitative estimate of drug-likeness (QED) is 0.299. The molecule has 2 amide bonds. The predicted octanol–water partition coefficient (Wildman–Crippen LogP) is 5.37. The van der Waals surface area contributed by atoms with E-state index in [1.807, 2.05) is 38.1 Å². The second-order valence-electron chi connectivity index (χ2n) is 9.69. The highest BCUT2D eigenvalue weighted by molar-refractivity contribution is 6.31. The summed E-state index contributed by atoms with van der Waals surface area (Å²) in [7, 11) is 1.60. The molecule has 9 nitrogen and oxygen atoms in total. The van der Waals surface area contributed by atoms with Crippen molar-refractivity contribution in [1.82, 2.24) is 14.2 Å². The van der Waals surface area contributed by atoms with Crippen LogP contribution in [-0.4, -0.2) is 39.4 Å². The minimum Gasteiger partial charge on any atom is -0.497 e. The van der Waals surface area contributed by atoms with Crippen LogP contribution in [0, 0.1) is 0 Å². The highest BCUT2D eigenvalue weighted by Gasteiger charge is 2.55. The van der Waals surface area contributed by atoms with Crippen molar-refractivity contribution in [3.8, 4) is 11.4 Å². The van der Waals surface area contributed by atoms with Crippen LogP contribution in [0.4, 0.5) is 10.5 Å². The minimum atomic E-state index is -1.00. The van der Waals surface area contributed by atoms with E-state index in [1.165, 1.54) is 11.0 Å². The Morgan fingerprint density at radius 2 is 1.51 bits per heavy atom. The fourth-order valence-corrected chi connectivity index (χ4v) is 5.32. The minimum absolute atomic E-state index is 0.257. The molecule has 5 rings (SSSR count). The number of hydrogen-bond acceptors (Lipinski definition) is 5. The number of urea groups is 1. The van der Waals surface area contributed by atoms with Gasteiger partial charge in [-0.25, -0.2) is 14.4 Å². The third-order valence-electron chi connectivity index (χ3n) is 6.91. The fourth-order valence-electron chi connectivity index (χ4n) is 4.95. The molecule has 1 aliphatic rings. The number of nitrogens with zero attached hydrogens (tertiary/aromatic N) is 4. The molecule has 0 bridgehead atoms. The molecule has 1 aliphatic heterocycles. The van der Waals surface area contributed by atoms with Crippen LogP contribution in [0.25, 0.3) is 5.69 Å². The number of carbonyl (C=O) groups is 1. The number of methoxy groups -OCH3 is 1. The molecule has 11 heteroatoms. The zero-order valence-corrected chi connectivity index (χ0v) is 23.0. The van der Waals surface area contributed by atoms with Crippen LogP contribution in [0.2, 0.25) is 10.0 Å². The van der Waals surface area contributed by atoms with Crippen LogP contribution in [0.3, 0.4) is 0 Å². The van der Waals surface area contributed by atoms with E-state index >= 15 is 0 Å². The number of amides is 2. The summed E-state index contributed by atoms with van der Waals surface area (Å²) in [5, 5.41) is 0.770. The highest BCUT2D eigenvalue weighted by Crippen LogP contribution is 2.42. The van der Waals surface area contributed by atoms with E-state index in [0.29, 0.717) is 28.7 Å². The monoisotopic (exact) mass is 568 g/mol. The molecule has 0 spiro atoms. The van der Waals surface area contributed by atoms with Crippen molar-refractivity contribution >= 4 is 34.9 Å². The third-order valence-corrected chi connectivity index (χ3v) is 7.38. The van der Waals surface area contributed by atoms with Gasteiger partial charge in [0.25, 0.3) is 0 Å². The van der Waals surface area contributed by atoms with E-state index < -0.39 is 23.2 Å². The molecule has 1 saturated heterocycles. The number of carbonyl (C=O) groups excluding carboxylic acids is 1. The van der Waals surface area contributed by atoms with Crippen LogP contribution in [0.1, 0.15) is 25.6 Å². The molecule has 1 fully saturated rings. The molecule has 0 saturated carbocycles. The van der Waals surface area contributed by atoms with Crippen LogP contribution >= 0.6 is 23.2 Å². The van der Waals surface area contributed by atoms with Gasteiger partial charge in [0.2, 0.25) is 0 Å². The number of hydrogen-bond donors (Lipinski definition) is 0. The van der Waals surface area contributed by atoms with E-state index in [0.717, 1.165) is 20.6 Å². The molecule has 3 aromatic carbocycles. The number of rotatable bonds is 7. The Morgan fingerprint density at radius 3 is 2.13 bits per heavy atom. The SMILES string of the molecule is COc1ccc(CCN2C(=O)N(c3cccc(Cl)c3)[C@H](n3oc(=O)n(-c4cccc(Cl)c4)c3=O)C2(C)C)cc1. The fraction of sp³-hybridized carbons (Fsp3) is 0.250. The lowest BCUT2D eigenvalue weighted by Gasteiger charge is -2.34. The number of anilines is 1. The van der Waals surface area contributed by atoms with E-state index in [9.17, 15) is 14.4 Å². The maximum atomic E-state index is 14.0. The smallest absolute Gasteiger partial charge is 0.447 e. The zero-order valence-electron chi connectivity index (χ0n) is 21.5. The molecule has 0 unspecified atom stereocenters. The molecule has 39 heavy (non-hydrogen) atoms. The van der Waals surface area contributed by atoms with Crippen LogP contribution in [0.5, 0.6) is 5.75 Å². The first kappa shape index (κ1) is 26.6. The van der Waals surface area contributed by atoms with Gasteiger partial charge in [0.05, 0.1) is 18.3 Å². The Bertz CT molecular complexity index is 1640. The second-order valence-corrected chi connectivity index (χ2v) is 10.6. The van der Waals surface area contributed by atoms with Crippen molar-refractivity contribution in [3.63, 3.8) is 0 Å². The van der Waals surface area contributed by atoms with Crippen molar-refractivity contribution in [3.05, 3.63) is 109 Å². The largest absolute Gasteiger partial charge is 0.497 e. The molecule has 0 aliphatic carbocycles. The maximum Gasteiger partial charge on any atom is 0.447 e. The lowest BCUT2D eigenvalue weighted by Crippen LogP contribution is -2.47. The summed E-state index contributed by atoms with van der Waals surface area (Å²) in [4.78, 5) is 43.7. The van der Waals surface area contributed by atoms with Gasteiger partial charge < -0.3 is 14.2 Å². The molecular weight excluding hydrogens is 543 g/mol. The average Bonchev–Trinajstić information content (AvgIpc) is 3.30. The van der Waals surface area contributed by atoms with Crippen molar-refractivity contribution in [2.75, 3.05) is 18.6 Å². The summed E-state index contributed by atoms with van der Waals surface area (Å²) in [5.74, 6) is -0.157. The van der Waals surface area contributed by atoms with Gasteiger partial charge in [0, 0.05) is 22.3 Å². The summed E-state index contributed by atoms with van der Waals surface area (Å²) in [6, 6.07) is 20.3. The zero-order chi connectivity index (χ0) is 27.9. The first-order valence-electron chi connectivity index (χ1n) is 12.2. The first-order chi connectivity index (χ1) is 18.6. The van der Waals surface area contributed by atoms with E-state index in [4.69, 9.17) is 32.5 Å². The standard InChI is InChI=1S/C28H26Cl2N4O5/c1-28(2)24(34-26(36)33(27(37)39-34)22-9-5-7-20(30)17-22)32(21-8-4-6-19(29)16-21)25(35)31(28)15-14-18-10-12-23(38-3)13-11-18/h4-13,16-17,24H,14-15H2,1-3H3/t24-/m1/s1. The Hall–Kier alpha value is -3.95. The Kier molecular flexibility index (Phi) is 7.05. The topological polar surface area (TPSA) is 89.9 Å². The summed E-state index contributed by atoms with van der Waals surface area (Å²) in [5.41, 5.74) is 0.00658. The lowest BCUT2D eigenvalue weighted by molar-refractivity contribution is 0.0975. The highest BCUT2D eigenvalue weighted by atomic mass is 35.5. The van der Waals surface area contributed by atoms with E-state index in [-0.39, 0.29) is 11.7 Å². The van der Waals surface area contributed by atoms with Gasteiger partial charge in [-0.2, -0.15) is 4.57 Å². The van der Waals surface area contributed by atoms with Gasteiger partial charge in [0.1, 0.15) is 5.75 Å². The summed E-state index contributed by atoms with van der Waals surface area (Å²) < 4.78 is 12.6. The Labute approximate surface area is 234 Å². The van der Waals surface area contributed by atoms with Gasteiger partial charge >= 0.3 is 17.5 Å². The van der Waals surface area contributed by atoms with Gasteiger partial charge in [-0.3, -0.25) is 4.90 Å². The molecule has 202 valence electrons. The van der Waals surface area contributed by atoms with Crippen molar-refractivity contribution < 1.29 is 14.1 Å². The van der Waals surface area contributed by atoms with Crippen LogP contribution < -0.4 is 21.1 Å². The normalized spacial score (nSPS) is 16.6. The Morgan fingerprint density at radius 1 is 0.897 bits per heavy atom. The molecule has 1 atom stereocenters. The molecular formula is C28H26Cl2N4O5. The van der Waals surface area contributed by atoms with Gasteiger partial charge in [0.15, 0.2) is 6.17 Å². The van der Waals surface area contributed by atoms with Crippen molar-refractivity contribution in [2.24, 2.45) is 0 Å². The number of ether oxygens (including phenoxy) is 1. The summed E-state index contributed by atoms with van der Waals surface area (Å²) >= 11 is 12.4. The first-order valence-corrected chi connectivity index (χ1v) is 13.0. The second kappa shape index (κ2) is 10.3. The van der Waals surface area contributed by atoms with Crippen LogP contribution in [-0.2, 0) is 6.42 Å². The van der Waals surface area contributed by atoms with E-state index in [1.54, 1.807) is 54.5 Å². The summed E-state index contributed by atoms with van der Waals surface area (Å²) in [6.07, 6.45) is -0.447. The lowest BCUT2D eigenvalue weighted by atomic mass is 9.99.